The first-order valence-electron chi connectivity index (χ1n) is 4.55. The minimum absolute atomic E-state index is 0.523. The first-order valence-corrected chi connectivity index (χ1v) is 5.43. The summed E-state index contributed by atoms with van der Waals surface area (Å²) in [6.45, 7) is 0.677. The van der Waals surface area contributed by atoms with E-state index in [9.17, 15) is 0 Å². The SMILES string of the molecule is CN(C)c1nc(Cn2ccnc2N)cs1. The van der Waals surface area contributed by atoms with Crippen molar-refractivity contribution in [1.29, 1.82) is 0 Å². The summed E-state index contributed by atoms with van der Waals surface area (Å²) in [5.74, 6) is 0.523. The van der Waals surface area contributed by atoms with Gasteiger partial charge >= 0.3 is 0 Å². The lowest BCUT2D eigenvalue weighted by Crippen LogP contribution is -2.09. The van der Waals surface area contributed by atoms with E-state index in [1.54, 1.807) is 17.5 Å². The second-order valence-corrected chi connectivity index (χ2v) is 4.27. The highest BCUT2D eigenvalue weighted by molar-refractivity contribution is 7.13. The number of aromatic nitrogens is 3. The molecule has 0 aliphatic rings. The second-order valence-electron chi connectivity index (χ2n) is 3.43. The van der Waals surface area contributed by atoms with E-state index in [-0.39, 0.29) is 0 Å². The Hall–Kier alpha value is -1.56. The Morgan fingerprint density at radius 2 is 2.33 bits per heavy atom. The summed E-state index contributed by atoms with van der Waals surface area (Å²) in [7, 11) is 3.96. The van der Waals surface area contributed by atoms with Gasteiger partial charge in [-0.15, -0.1) is 11.3 Å². The topological polar surface area (TPSA) is 60.0 Å². The summed E-state index contributed by atoms with van der Waals surface area (Å²) in [6.07, 6.45) is 3.54. The molecule has 2 N–H and O–H groups in total. The van der Waals surface area contributed by atoms with Gasteiger partial charge in [0.15, 0.2) is 11.1 Å². The maximum Gasteiger partial charge on any atom is 0.200 e. The molecule has 2 rings (SSSR count). The molecule has 2 aromatic rings. The number of hydrogen-bond donors (Lipinski definition) is 1. The van der Waals surface area contributed by atoms with Gasteiger partial charge in [0.1, 0.15) is 0 Å². The number of nitrogens with two attached hydrogens (primary N) is 1. The minimum atomic E-state index is 0.523. The molecule has 0 atom stereocenters. The van der Waals surface area contributed by atoms with E-state index in [1.807, 2.05) is 35.1 Å². The zero-order valence-electron chi connectivity index (χ0n) is 8.71. The first kappa shape index (κ1) is 9.97. The van der Waals surface area contributed by atoms with E-state index in [0.717, 1.165) is 10.8 Å². The molecule has 0 saturated carbocycles. The van der Waals surface area contributed by atoms with Crippen LogP contribution in [-0.4, -0.2) is 28.6 Å². The molecule has 0 aliphatic heterocycles. The van der Waals surface area contributed by atoms with Crippen LogP contribution in [-0.2, 0) is 6.54 Å². The molecule has 0 aromatic carbocycles. The summed E-state index contributed by atoms with van der Waals surface area (Å²) in [4.78, 5) is 10.4. The summed E-state index contributed by atoms with van der Waals surface area (Å²) >= 11 is 1.63. The van der Waals surface area contributed by atoms with Crippen molar-refractivity contribution in [3.05, 3.63) is 23.5 Å². The Bertz CT molecular complexity index is 445. The fourth-order valence-corrected chi connectivity index (χ4v) is 1.97. The van der Waals surface area contributed by atoms with Crippen molar-refractivity contribution in [3.8, 4) is 0 Å². The Labute approximate surface area is 92.2 Å². The minimum Gasteiger partial charge on any atom is -0.369 e. The van der Waals surface area contributed by atoms with Crippen LogP contribution in [0.1, 0.15) is 5.69 Å². The maximum atomic E-state index is 5.67. The van der Waals surface area contributed by atoms with Gasteiger partial charge in [0, 0.05) is 31.9 Å². The number of rotatable bonds is 3. The average molecular weight is 223 g/mol. The largest absolute Gasteiger partial charge is 0.369 e. The van der Waals surface area contributed by atoms with Gasteiger partial charge in [0.05, 0.1) is 12.2 Å². The number of imidazole rings is 1. The Kier molecular flexibility index (Phi) is 2.59. The third-order valence-electron chi connectivity index (χ3n) is 2.00. The zero-order valence-corrected chi connectivity index (χ0v) is 9.53. The van der Waals surface area contributed by atoms with E-state index in [0.29, 0.717) is 12.5 Å². The van der Waals surface area contributed by atoms with E-state index >= 15 is 0 Å². The number of thiazole rings is 1. The molecule has 0 amide bonds. The average Bonchev–Trinajstić information content (AvgIpc) is 2.77. The normalized spacial score (nSPS) is 10.5. The third kappa shape index (κ3) is 2.10. The molecule has 15 heavy (non-hydrogen) atoms. The summed E-state index contributed by atoms with van der Waals surface area (Å²) in [5, 5.41) is 3.04. The van der Waals surface area contributed by atoms with Crippen LogP contribution in [0.4, 0.5) is 11.1 Å². The molecule has 0 bridgehead atoms. The number of nitrogens with zero attached hydrogens (tertiary/aromatic N) is 4. The monoisotopic (exact) mass is 223 g/mol. The van der Waals surface area contributed by atoms with Gasteiger partial charge in [0.2, 0.25) is 0 Å². The first-order chi connectivity index (χ1) is 7.16. The molecule has 2 heterocycles. The van der Waals surface area contributed by atoms with Gasteiger partial charge in [-0.3, -0.25) is 0 Å². The molecular weight excluding hydrogens is 210 g/mol. The molecule has 0 fully saturated rings. The van der Waals surface area contributed by atoms with Crippen molar-refractivity contribution in [2.24, 2.45) is 0 Å². The number of hydrogen-bond acceptors (Lipinski definition) is 5. The number of nitrogen functional groups attached to an aromatic ring is 1. The van der Waals surface area contributed by atoms with Crippen LogP contribution >= 0.6 is 11.3 Å². The quantitative estimate of drug-likeness (QED) is 0.844. The molecule has 80 valence electrons. The molecule has 6 heteroatoms. The summed E-state index contributed by atoms with van der Waals surface area (Å²) in [6, 6.07) is 0. The summed E-state index contributed by atoms with van der Waals surface area (Å²) < 4.78 is 1.87. The molecule has 0 radical (unpaired) electrons. The van der Waals surface area contributed by atoms with Crippen molar-refractivity contribution >= 4 is 22.4 Å². The maximum absolute atomic E-state index is 5.67. The van der Waals surface area contributed by atoms with Gasteiger partial charge in [-0.05, 0) is 0 Å². The lowest BCUT2D eigenvalue weighted by atomic mass is 10.5. The highest BCUT2D eigenvalue weighted by atomic mass is 32.1. The van der Waals surface area contributed by atoms with Crippen molar-refractivity contribution in [2.45, 2.75) is 6.54 Å². The van der Waals surface area contributed by atoms with Gasteiger partial charge < -0.3 is 15.2 Å². The van der Waals surface area contributed by atoms with E-state index < -0.39 is 0 Å². The molecule has 0 unspecified atom stereocenters. The van der Waals surface area contributed by atoms with E-state index in [1.165, 1.54) is 0 Å². The molecule has 0 aliphatic carbocycles. The van der Waals surface area contributed by atoms with Crippen LogP contribution in [0.15, 0.2) is 17.8 Å². The van der Waals surface area contributed by atoms with Crippen LogP contribution in [0, 0.1) is 0 Å². The predicted molar refractivity (Wildman–Crippen MR) is 62.2 cm³/mol. The Morgan fingerprint density at radius 3 is 2.87 bits per heavy atom. The standard InChI is InChI=1S/C9H13N5S/c1-13(2)9-12-7(6-15-9)5-14-4-3-11-8(14)10/h3-4,6H,5H2,1-2H3,(H2,10,11). The van der Waals surface area contributed by atoms with Crippen LogP contribution < -0.4 is 10.6 Å². The van der Waals surface area contributed by atoms with E-state index in [2.05, 4.69) is 9.97 Å². The molecule has 0 saturated heterocycles. The third-order valence-corrected chi connectivity index (χ3v) is 3.06. The van der Waals surface area contributed by atoms with Crippen LogP contribution in [0.2, 0.25) is 0 Å². The van der Waals surface area contributed by atoms with Crippen LogP contribution in [0.3, 0.4) is 0 Å². The predicted octanol–water partition coefficient (Wildman–Crippen LogP) is 1.04. The Morgan fingerprint density at radius 1 is 1.53 bits per heavy atom. The van der Waals surface area contributed by atoms with Crippen LogP contribution in [0.25, 0.3) is 0 Å². The van der Waals surface area contributed by atoms with Gasteiger partial charge in [0.25, 0.3) is 0 Å². The van der Waals surface area contributed by atoms with Crippen LogP contribution in [0.5, 0.6) is 0 Å². The Balaban J connectivity index is 2.15. The van der Waals surface area contributed by atoms with Gasteiger partial charge in [-0.25, -0.2) is 9.97 Å². The highest BCUT2D eigenvalue weighted by Crippen LogP contribution is 2.18. The lowest BCUT2D eigenvalue weighted by molar-refractivity contribution is 0.790. The fraction of sp³-hybridized carbons (Fsp3) is 0.333. The fourth-order valence-electron chi connectivity index (χ4n) is 1.22. The second kappa shape index (κ2) is 3.90. The zero-order chi connectivity index (χ0) is 10.8. The van der Waals surface area contributed by atoms with Crippen molar-refractivity contribution in [1.82, 2.24) is 14.5 Å². The number of anilines is 2. The van der Waals surface area contributed by atoms with Crippen molar-refractivity contribution in [3.63, 3.8) is 0 Å². The lowest BCUT2D eigenvalue weighted by Gasteiger charge is -2.05. The van der Waals surface area contributed by atoms with Gasteiger partial charge in [-0.1, -0.05) is 0 Å². The van der Waals surface area contributed by atoms with E-state index in [4.69, 9.17) is 5.73 Å². The molecular formula is C9H13N5S. The molecule has 2 aromatic heterocycles. The van der Waals surface area contributed by atoms with Gasteiger partial charge in [-0.2, -0.15) is 0 Å². The molecule has 0 spiro atoms. The molecule has 5 nitrogen and oxygen atoms in total. The highest BCUT2D eigenvalue weighted by Gasteiger charge is 2.05. The van der Waals surface area contributed by atoms with Crippen molar-refractivity contribution < 1.29 is 0 Å². The summed E-state index contributed by atoms with van der Waals surface area (Å²) in [5.41, 5.74) is 6.68. The van der Waals surface area contributed by atoms with Crippen molar-refractivity contribution in [2.75, 3.05) is 24.7 Å². The smallest absolute Gasteiger partial charge is 0.200 e.